The molecule has 0 saturated carbocycles. The van der Waals surface area contributed by atoms with E-state index >= 15 is 0 Å². The van der Waals surface area contributed by atoms with Gasteiger partial charge in [0.25, 0.3) is 0 Å². The van der Waals surface area contributed by atoms with Gasteiger partial charge in [0.1, 0.15) is 18.1 Å². The molecule has 174 valence electrons. The Hall–Kier alpha value is -1.93. The van der Waals surface area contributed by atoms with Gasteiger partial charge in [-0.1, -0.05) is 6.42 Å². The third kappa shape index (κ3) is 9.71. The number of hydrogen-bond acceptors (Lipinski definition) is 9. The molecule has 13 heteroatoms. The summed E-state index contributed by atoms with van der Waals surface area (Å²) in [7, 11) is 0. The van der Waals surface area contributed by atoms with E-state index in [1.807, 2.05) is 0 Å². The lowest BCUT2D eigenvalue weighted by Gasteiger charge is -2.27. The molecule has 6 atom stereocenters. The molecule has 30 heavy (non-hydrogen) atoms. The maximum absolute atomic E-state index is 12.5. The number of unbranched alkanes of at least 4 members (excludes halogenated alkanes) is 1. The van der Waals surface area contributed by atoms with Crippen molar-refractivity contribution in [1.82, 2.24) is 16.0 Å². The van der Waals surface area contributed by atoms with E-state index in [0.29, 0.717) is 25.8 Å². The van der Waals surface area contributed by atoms with Crippen LogP contribution >= 0.6 is 12.6 Å². The Morgan fingerprint density at radius 3 is 1.77 bits per heavy atom. The first-order chi connectivity index (χ1) is 14.0. The van der Waals surface area contributed by atoms with Crippen LogP contribution in [0, 0.1) is 0 Å². The van der Waals surface area contributed by atoms with Gasteiger partial charge < -0.3 is 42.7 Å². The van der Waals surface area contributed by atoms with Crippen molar-refractivity contribution >= 4 is 36.3 Å². The topological polar surface area (TPSA) is 217 Å². The Morgan fingerprint density at radius 1 is 0.900 bits per heavy atom. The fraction of sp³-hybridized carbons (Fsp3) is 0.765. The lowest BCUT2D eigenvalue weighted by molar-refractivity contribution is -0.142. The summed E-state index contributed by atoms with van der Waals surface area (Å²) >= 11 is 3.82. The zero-order valence-corrected chi connectivity index (χ0v) is 18.0. The van der Waals surface area contributed by atoms with Crippen molar-refractivity contribution in [3.8, 4) is 0 Å². The minimum atomic E-state index is -1.53. The fourth-order valence-corrected chi connectivity index (χ4v) is 2.65. The molecular formula is C17H33N5O7S. The Bertz CT molecular complexity index is 591. The van der Waals surface area contributed by atoms with Gasteiger partial charge in [0.15, 0.2) is 0 Å². The van der Waals surface area contributed by atoms with Crippen molar-refractivity contribution in [2.45, 2.75) is 69.5 Å². The highest BCUT2D eigenvalue weighted by atomic mass is 32.1. The Morgan fingerprint density at radius 2 is 1.37 bits per heavy atom. The molecule has 0 rings (SSSR count). The molecule has 6 unspecified atom stereocenters. The number of carboxylic acid groups (broad SMARTS) is 1. The number of nitrogens with two attached hydrogens (primary N) is 2. The Labute approximate surface area is 180 Å². The lowest BCUT2D eigenvalue weighted by Crippen LogP contribution is -2.62. The number of nitrogens with one attached hydrogen (secondary N) is 3. The molecule has 0 spiro atoms. The first-order valence-corrected chi connectivity index (χ1v) is 10.2. The summed E-state index contributed by atoms with van der Waals surface area (Å²) in [5.41, 5.74) is 11.2. The number of hydrogen-bond donors (Lipinski definition) is 9. The maximum Gasteiger partial charge on any atom is 0.327 e. The standard InChI is InChI=1S/C17H33N5O7S/c1-8(23)12(15(26)20-11(7-30)17(28)29)22-16(27)13(9(2)24)21-14(25)10(19)5-3-4-6-18/h8-13,23-24,30H,3-7,18-19H2,1-2H3,(H,20,26)(H,21,25)(H,22,27)(H,28,29). The number of thiol groups is 1. The quantitative estimate of drug-likeness (QED) is 0.0951. The van der Waals surface area contributed by atoms with E-state index in [0.717, 1.165) is 0 Å². The van der Waals surface area contributed by atoms with Crippen molar-refractivity contribution in [3.05, 3.63) is 0 Å². The van der Waals surface area contributed by atoms with Gasteiger partial charge in [-0.05, 0) is 33.2 Å². The predicted octanol–water partition coefficient (Wildman–Crippen LogP) is -3.33. The molecule has 0 fully saturated rings. The summed E-state index contributed by atoms with van der Waals surface area (Å²) < 4.78 is 0. The summed E-state index contributed by atoms with van der Waals surface area (Å²) in [6.07, 6.45) is -1.12. The summed E-state index contributed by atoms with van der Waals surface area (Å²) in [5.74, 6) is -4.14. The molecule has 0 aromatic carbocycles. The second-order valence-corrected chi connectivity index (χ2v) is 7.29. The van der Waals surface area contributed by atoms with E-state index in [-0.39, 0.29) is 5.75 Å². The van der Waals surface area contributed by atoms with Crippen molar-refractivity contribution in [1.29, 1.82) is 0 Å². The minimum absolute atomic E-state index is 0.212. The van der Waals surface area contributed by atoms with E-state index in [9.17, 15) is 29.4 Å². The van der Waals surface area contributed by atoms with Crippen LogP contribution in [-0.4, -0.2) is 87.7 Å². The molecule has 0 aliphatic carbocycles. The first kappa shape index (κ1) is 28.1. The fourth-order valence-electron chi connectivity index (χ4n) is 2.40. The summed E-state index contributed by atoms with van der Waals surface area (Å²) in [6, 6.07) is -5.24. The van der Waals surface area contributed by atoms with Gasteiger partial charge in [-0.25, -0.2) is 4.79 Å². The monoisotopic (exact) mass is 451 g/mol. The van der Waals surface area contributed by atoms with Gasteiger partial charge >= 0.3 is 5.97 Å². The van der Waals surface area contributed by atoms with Crippen molar-refractivity contribution in [3.63, 3.8) is 0 Å². The van der Waals surface area contributed by atoms with Crippen LogP contribution in [0.1, 0.15) is 33.1 Å². The number of aliphatic hydroxyl groups is 2. The molecule has 0 aromatic rings. The molecule has 0 aliphatic rings. The lowest BCUT2D eigenvalue weighted by atomic mass is 10.1. The first-order valence-electron chi connectivity index (χ1n) is 9.52. The predicted molar refractivity (Wildman–Crippen MR) is 112 cm³/mol. The van der Waals surface area contributed by atoms with Gasteiger partial charge in [0, 0.05) is 5.75 Å². The average Bonchev–Trinajstić information content (AvgIpc) is 2.66. The van der Waals surface area contributed by atoms with E-state index in [2.05, 4.69) is 28.6 Å². The molecule has 12 nitrogen and oxygen atoms in total. The Balaban J connectivity index is 5.16. The van der Waals surface area contributed by atoms with E-state index in [4.69, 9.17) is 16.6 Å². The third-order valence-electron chi connectivity index (χ3n) is 4.23. The molecule has 3 amide bonds. The summed E-state index contributed by atoms with van der Waals surface area (Å²) in [4.78, 5) is 48.1. The van der Waals surface area contributed by atoms with Gasteiger partial charge in [0.05, 0.1) is 18.2 Å². The van der Waals surface area contributed by atoms with Crippen molar-refractivity contribution in [2.24, 2.45) is 11.5 Å². The van der Waals surface area contributed by atoms with Crippen LogP contribution in [0.15, 0.2) is 0 Å². The molecule has 0 aliphatic heterocycles. The molecule has 0 radical (unpaired) electrons. The van der Waals surface area contributed by atoms with Crippen LogP contribution < -0.4 is 27.4 Å². The summed E-state index contributed by atoms with van der Waals surface area (Å²) in [6.45, 7) is 2.92. The van der Waals surface area contributed by atoms with Crippen LogP contribution in [-0.2, 0) is 19.2 Å². The van der Waals surface area contributed by atoms with Crippen LogP contribution in [0.2, 0.25) is 0 Å². The van der Waals surface area contributed by atoms with E-state index in [1.165, 1.54) is 13.8 Å². The molecular weight excluding hydrogens is 418 g/mol. The van der Waals surface area contributed by atoms with Crippen LogP contribution in [0.5, 0.6) is 0 Å². The number of aliphatic hydroxyl groups excluding tert-OH is 2. The van der Waals surface area contributed by atoms with E-state index < -0.39 is 60.1 Å². The highest BCUT2D eigenvalue weighted by molar-refractivity contribution is 7.80. The Kier molecular flexibility index (Phi) is 13.2. The number of carboxylic acids is 1. The smallest absolute Gasteiger partial charge is 0.327 e. The van der Waals surface area contributed by atoms with Crippen LogP contribution in [0.25, 0.3) is 0 Å². The van der Waals surface area contributed by atoms with Gasteiger partial charge in [-0.3, -0.25) is 14.4 Å². The van der Waals surface area contributed by atoms with Gasteiger partial charge in [-0.15, -0.1) is 0 Å². The van der Waals surface area contributed by atoms with Gasteiger partial charge in [0.2, 0.25) is 17.7 Å². The van der Waals surface area contributed by atoms with Crippen molar-refractivity contribution < 1.29 is 34.5 Å². The zero-order chi connectivity index (χ0) is 23.4. The van der Waals surface area contributed by atoms with Crippen LogP contribution in [0.3, 0.4) is 0 Å². The largest absolute Gasteiger partial charge is 0.480 e. The number of carbonyl (C=O) groups is 4. The number of carbonyl (C=O) groups excluding carboxylic acids is 3. The molecule has 0 bridgehead atoms. The SMILES string of the molecule is CC(O)C(NC(=O)C(N)CCCCN)C(=O)NC(C(=O)NC(CS)C(=O)O)C(C)O. The zero-order valence-electron chi connectivity index (χ0n) is 17.1. The maximum atomic E-state index is 12.5. The highest BCUT2D eigenvalue weighted by Gasteiger charge is 2.34. The third-order valence-corrected chi connectivity index (χ3v) is 4.59. The molecule has 0 heterocycles. The molecule has 0 saturated heterocycles. The second kappa shape index (κ2) is 14.1. The normalized spacial score (nSPS) is 17.0. The minimum Gasteiger partial charge on any atom is -0.480 e. The van der Waals surface area contributed by atoms with E-state index in [1.54, 1.807) is 0 Å². The van der Waals surface area contributed by atoms with Crippen molar-refractivity contribution in [2.75, 3.05) is 12.3 Å². The van der Waals surface area contributed by atoms with Crippen LogP contribution in [0.4, 0.5) is 0 Å². The average molecular weight is 452 g/mol. The highest BCUT2D eigenvalue weighted by Crippen LogP contribution is 2.03. The molecule has 10 N–H and O–H groups in total. The number of rotatable bonds is 14. The summed E-state index contributed by atoms with van der Waals surface area (Å²) in [5, 5.41) is 35.4. The second-order valence-electron chi connectivity index (χ2n) is 6.93. The number of amides is 3. The molecule has 0 aromatic heterocycles. The number of aliphatic carboxylic acids is 1. The van der Waals surface area contributed by atoms with Gasteiger partial charge in [-0.2, -0.15) is 12.6 Å².